The lowest BCUT2D eigenvalue weighted by atomic mass is 9.68. The third kappa shape index (κ3) is 4.80. The number of fused-ring (bicyclic) bond motifs is 1. The molecule has 2 atom stereocenters. The van der Waals surface area contributed by atoms with Crippen molar-refractivity contribution in [1.82, 2.24) is 19.4 Å². The molecule has 2 aromatic heterocycles. The number of rotatable bonds is 4. The molecule has 0 aromatic carbocycles. The Kier molecular flexibility index (Phi) is 6.05. The van der Waals surface area contributed by atoms with Gasteiger partial charge in [-0.1, -0.05) is 34.6 Å². The maximum atomic E-state index is 12.9. The van der Waals surface area contributed by atoms with Gasteiger partial charge in [0, 0.05) is 50.4 Å². The van der Waals surface area contributed by atoms with Crippen LogP contribution in [0.25, 0.3) is 11.2 Å². The minimum absolute atomic E-state index is 0.00428. The molecule has 2 aliphatic rings. The van der Waals surface area contributed by atoms with Crippen LogP contribution < -0.4 is 11.0 Å². The first-order valence-corrected chi connectivity index (χ1v) is 11.9. The second kappa shape index (κ2) is 8.54. The first-order valence-electron chi connectivity index (χ1n) is 11.9. The molecule has 0 spiro atoms. The van der Waals surface area contributed by atoms with E-state index in [1.807, 2.05) is 10.6 Å². The first kappa shape index (κ1) is 23.4. The number of hydrogen-bond donors (Lipinski definition) is 1. The molecule has 0 radical (unpaired) electrons. The lowest BCUT2D eigenvalue weighted by Gasteiger charge is -2.42. The number of aliphatic imine (C=N–C) groups is 2. The van der Waals surface area contributed by atoms with Crippen LogP contribution >= 0.6 is 0 Å². The number of nitrogens with zero attached hydrogens (tertiary/aromatic N) is 5. The molecule has 1 amide bonds. The topological polar surface area (TPSA) is 93.6 Å². The molecule has 178 valence electrons. The van der Waals surface area contributed by atoms with Crippen LogP contribution in [0.15, 0.2) is 26.9 Å². The van der Waals surface area contributed by atoms with Gasteiger partial charge >= 0.3 is 5.69 Å². The Morgan fingerprint density at radius 2 is 2.03 bits per heavy atom. The summed E-state index contributed by atoms with van der Waals surface area (Å²) in [6.45, 7) is 12.0. The third-order valence-electron chi connectivity index (χ3n) is 6.90. The normalized spacial score (nSPS) is 22.9. The summed E-state index contributed by atoms with van der Waals surface area (Å²) in [5, 5.41) is 3.20. The minimum atomic E-state index is -0.199. The number of carbonyl (C=O) groups excluding carboxylic acids is 1. The number of aromatic nitrogens is 3. The van der Waals surface area contributed by atoms with Crippen molar-refractivity contribution in [3.05, 3.63) is 28.3 Å². The second-order valence-electron chi connectivity index (χ2n) is 11.4. The summed E-state index contributed by atoms with van der Waals surface area (Å²) in [6.07, 6.45) is 5.30. The van der Waals surface area contributed by atoms with E-state index in [0.29, 0.717) is 13.1 Å². The number of pyridine rings is 1. The van der Waals surface area contributed by atoms with Crippen LogP contribution in [0.4, 0.5) is 0 Å². The fraction of sp³-hybridized carbons (Fsp3) is 0.640. The lowest BCUT2D eigenvalue weighted by Crippen LogP contribution is -2.50. The highest BCUT2D eigenvalue weighted by Crippen LogP contribution is 2.42. The summed E-state index contributed by atoms with van der Waals surface area (Å²) in [5.41, 5.74) is 2.50. The smallest absolute Gasteiger partial charge is 0.330 e. The summed E-state index contributed by atoms with van der Waals surface area (Å²) in [4.78, 5) is 39.0. The standard InChI is InChI=1S/C25H36N6O2/c1-24(2,3)15-31-18-9-8-17(28-21(18)30(6)23(31)33)16-10-11-25(4,5)19(14-16)29-22(32)20-26-12-7-13-27-20/h8-9,12,16,19H,7,10-11,13-15H2,1-6H3,(H,29,32). The zero-order valence-electron chi connectivity index (χ0n) is 20.7. The maximum Gasteiger partial charge on any atom is 0.330 e. The number of amides is 1. The molecule has 1 N–H and O–H groups in total. The molecular weight excluding hydrogens is 416 g/mol. The quantitative estimate of drug-likeness (QED) is 0.770. The molecule has 3 heterocycles. The summed E-state index contributed by atoms with van der Waals surface area (Å²) < 4.78 is 3.47. The maximum absolute atomic E-state index is 12.9. The molecule has 1 aliphatic heterocycles. The fourth-order valence-electron chi connectivity index (χ4n) is 4.88. The highest BCUT2D eigenvalue weighted by molar-refractivity contribution is 6.39. The molecule has 8 heteroatoms. The molecule has 2 aromatic rings. The SMILES string of the molecule is Cn1c(=O)n(CC(C)(C)C)c2ccc(C3CCC(C)(C)C(NC(=O)C4=NCCC=N4)C3)nc21. The molecule has 1 saturated carbocycles. The largest absolute Gasteiger partial charge is 0.346 e. The van der Waals surface area contributed by atoms with Crippen LogP contribution in [0.2, 0.25) is 0 Å². The Bertz CT molecular complexity index is 1180. The molecular formula is C25H36N6O2. The van der Waals surface area contributed by atoms with E-state index in [0.717, 1.165) is 42.5 Å². The zero-order valence-corrected chi connectivity index (χ0v) is 20.7. The fourth-order valence-corrected chi connectivity index (χ4v) is 4.88. The van der Waals surface area contributed by atoms with Crippen LogP contribution in [-0.2, 0) is 18.4 Å². The number of carbonyl (C=O) groups is 1. The predicted molar refractivity (Wildman–Crippen MR) is 132 cm³/mol. The van der Waals surface area contributed by atoms with Crippen molar-refractivity contribution in [2.24, 2.45) is 27.9 Å². The van der Waals surface area contributed by atoms with Crippen LogP contribution in [0, 0.1) is 10.8 Å². The van der Waals surface area contributed by atoms with Gasteiger partial charge < -0.3 is 5.32 Å². The van der Waals surface area contributed by atoms with E-state index in [1.165, 1.54) is 0 Å². The van der Waals surface area contributed by atoms with Gasteiger partial charge in [0.25, 0.3) is 5.91 Å². The van der Waals surface area contributed by atoms with Gasteiger partial charge in [0.1, 0.15) is 0 Å². The Morgan fingerprint density at radius 3 is 2.70 bits per heavy atom. The first-order chi connectivity index (χ1) is 15.5. The van der Waals surface area contributed by atoms with Gasteiger partial charge in [-0.2, -0.15) is 0 Å². The number of imidazole rings is 1. The van der Waals surface area contributed by atoms with E-state index < -0.39 is 0 Å². The minimum Gasteiger partial charge on any atom is -0.346 e. The average Bonchev–Trinajstić information content (AvgIpc) is 2.99. The molecule has 1 fully saturated rings. The summed E-state index contributed by atoms with van der Waals surface area (Å²) in [6, 6.07) is 4.08. The van der Waals surface area contributed by atoms with Gasteiger partial charge in [-0.05, 0) is 42.2 Å². The van der Waals surface area contributed by atoms with Crippen LogP contribution in [0.1, 0.15) is 71.9 Å². The van der Waals surface area contributed by atoms with E-state index in [4.69, 9.17) is 4.98 Å². The molecule has 4 rings (SSSR count). The molecule has 0 saturated heterocycles. The van der Waals surface area contributed by atoms with Crippen molar-refractivity contribution >= 4 is 29.1 Å². The average molecular weight is 453 g/mol. The van der Waals surface area contributed by atoms with E-state index in [9.17, 15) is 9.59 Å². The number of nitrogens with one attached hydrogen (secondary N) is 1. The molecule has 0 bridgehead atoms. The molecule has 33 heavy (non-hydrogen) atoms. The van der Waals surface area contributed by atoms with Crippen molar-refractivity contribution in [2.75, 3.05) is 6.54 Å². The van der Waals surface area contributed by atoms with Crippen LogP contribution in [0.5, 0.6) is 0 Å². The van der Waals surface area contributed by atoms with Gasteiger partial charge in [0.05, 0.1) is 5.52 Å². The number of aryl methyl sites for hydroxylation is 1. The van der Waals surface area contributed by atoms with E-state index in [1.54, 1.807) is 17.8 Å². The van der Waals surface area contributed by atoms with Crippen molar-refractivity contribution in [3.63, 3.8) is 0 Å². The predicted octanol–water partition coefficient (Wildman–Crippen LogP) is 3.43. The van der Waals surface area contributed by atoms with Crippen molar-refractivity contribution in [1.29, 1.82) is 0 Å². The van der Waals surface area contributed by atoms with Crippen molar-refractivity contribution in [2.45, 2.75) is 78.8 Å². The Labute approximate surface area is 195 Å². The van der Waals surface area contributed by atoms with Gasteiger partial charge in [0.15, 0.2) is 5.65 Å². The van der Waals surface area contributed by atoms with Gasteiger partial charge in [-0.25, -0.2) is 14.8 Å². The number of hydrogen-bond acceptors (Lipinski definition) is 5. The Hall–Kier alpha value is -2.77. The van der Waals surface area contributed by atoms with E-state index in [2.05, 4.69) is 56.0 Å². The monoisotopic (exact) mass is 452 g/mol. The van der Waals surface area contributed by atoms with Crippen LogP contribution in [0.3, 0.4) is 0 Å². The van der Waals surface area contributed by atoms with Crippen molar-refractivity contribution < 1.29 is 4.79 Å². The van der Waals surface area contributed by atoms with Crippen LogP contribution in [-0.4, -0.2) is 44.7 Å². The van der Waals surface area contributed by atoms with Gasteiger partial charge in [-0.3, -0.25) is 18.9 Å². The summed E-state index contributed by atoms with van der Waals surface area (Å²) >= 11 is 0. The van der Waals surface area contributed by atoms with Gasteiger partial charge in [0.2, 0.25) is 5.84 Å². The van der Waals surface area contributed by atoms with E-state index >= 15 is 0 Å². The number of amidine groups is 1. The highest BCUT2D eigenvalue weighted by Gasteiger charge is 2.39. The summed E-state index contributed by atoms with van der Waals surface area (Å²) in [7, 11) is 1.79. The summed E-state index contributed by atoms with van der Waals surface area (Å²) in [5.74, 6) is 0.286. The second-order valence-corrected chi connectivity index (χ2v) is 11.4. The van der Waals surface area contributed by atoms with Crippen molar-refractivity contribution in [3.8, 4) is 0 Å². The molecule has 1 aliphatic carbocycles. The van der Waals surface area contributed by atoms with E-state index in [-0.39, 0.29) is 40.2 Å². The Balaban J connectivity index is 1.59. The molecule has 2 unspecified atom stereocenters. The Morgan fingerprint density at radius 1 is 1.27 bits per heavy atom. The molecule has 8 nitrogen and oxygen atoms in total. The lowest BCUT2D eigenvalue weighted by molar-refractivity contribution is -0.116. The highest BCUT2D eigenvalue weighted by atomic mass is 16.2. The zero-order chi connectivity index (χ0) is 24.0. The third-order valence-corrected chi connectivity index (χ3v) is 6.90. The van der Waals surface area contributed by atoms with Gasteiger partial charge in [-0.15, -0.1) is 0 Å².